The summed E-state index contributed by atoms with van der Waals surface area (Å²) in [5, 5.41) is 0. The van der Waals surface area contributed by atoms with Gasteiger partial charge in [0.2, 0.25) is 5.88 Å². The molecule has 1 heterocycles. The van der Waals surface area contributed by atoms with Gasteiger partial charge in [-0.15, -0.1) is 0 Å². The second-order valence-corrected chi connectivity index (χ2v) is 4.94. The van der Waals surface area contributed by atoms with E-state index in [-0.39, 0.29) is 18.0 Å². The molecule has 0 saturated carbocycles. The highest BCUT2D eigenvalue weighted by molar-refractivity contribution is 14.1. The SMILES string of the molecule is COc1cc(CC(=O)c2ccc(F)cc2I)ncn1. The standard InChI is InChI=1S/C13H10FIN2O2/c1-19-13-6-9(16-7-17-13)5-12(18)10-3-2-8(14)4-11(10)15/h2-4,6-7H,5H2,1H3. The third-order valence-electron chi connectivity index (χ3n) is 2.48. The second kappa shape index (κ2) is 6.05. The first kappa shape index (κ1) is 13.9. The third kappa shape index (κ3) is 3.46. The quantitative estimate of drug-likeness (QED) is 0.612. The van der Waals surface area contributed by atoms with Gasteiger partial charge in [0.1, 0.15) is 12.1 Å². The Bertz CT molecular complexity index is 619. The van der Waals surface area contributed by atoms with Crippen LogP contribution < -0.4 is 4.74 Å². The zero-order valence-electron chi connectivity index (χ0n) is 10.1. The van der Waals surface area contributed by atoms with Gasteiger partial charge in [-0.3, -0.25) is 4.79 Å². The average molecular weight is 372 g/mol. The Hall–Kier alpha value is -1.57. The number of hydrogen-bond acceptors (Lipinski definition) is 4. The van der Waals surface area contributed by atoms with Crippen LogP contribution in [-0.2, 0) is 6.42 Å². The number of halogens is 2. The Labute approximate surface area is 123 Å². The largest absolute Gasteiger partial charge is 0.481 e. The summed E-state index contributed by atoms with van der Waals surface area (Å²) < 4.78 is 18.5. The highest BCUT2D eigenvalue weighted by atomic mass is 127. The van der Waals surface area contributed by atoms with Crippen LogP contribution in [-0.4, -0.2) is 22.9 Å². The highest BCUT2D eigenvalue weighted by Gasteiger charge is 2.12. The van der Waals surface area contributed by atoms with E-state index in [0.717, 1.165) is 0 Å². The molecule has 1 aromatic heterocycles. The maximum Gasteiger partial charge on any atom is 0.216 e. The smallest absolute Gasteiger partial charge is 0.216 e. The van der Waals surface area contributed by atoms with Crippen molar-refractivity contribution in [2.75, 3.05) is 7.11 Å². The first-order valence-corrected chi connectivity index (χ1v) is 6.51. The van der Waals surface area contributed by atoms with E-state index >= 15 is 0 Å². The first-order valence-electron chi connectivity index (χ1n) is 5.43. The van der Waals surface area contributed by atoms with Gasteiger partial charge in [-0.1, -0.05) is 0 Å². The van der Waals surface area contributed by atoms with E-state index in [1.165, 1.54) is 31.6 Å². The second-order valence-electron chi connectivity index (χ2n) is 3.78. The number of carbonyl (C=O) groups excluding carboxylic acids is 1. The molecule has 0 spiro atoms. The summed E-state index contributed by atoms with van der Waals surface area (Å²) in [6, 6.07) is 5.69. The Morgan fingerprint density at radius 1 is 1.37 bits per heavy atom. The lowest BCUT2D eigenvalue weighted by molar-refractivity contribution is 0.0991. The lowest BCUT2D eigenvalue weighted by Crippen LogP contribution is -2.07. The monoisotopic (exact) mass is 372 g/mol. The number of methoxy groups -OCH3 is 1. The molecule has 2 aromatic rings. The van der Waals surface area contributed by atoms with Gasteiger partial charge in [0, 0.05) is 15.2 Å². The van der Waals surface area contributed by atoms with Gasteiger partial charge >= 0.3 is 0 Å². The molecule has 19 heavy (non-hydrogen) atoms. The normalized spacial score (nSPS) is 10.3. The van der Waals surface area contributed by atoms with Gasteiger partial charge in [-0.2, -0.15) is 0 Å². The number of hydrogen-bond donors (Lipinski definition) is 0. The van der Waals surface area contributed by atoms with Crippen molar-refractivity contribution in [2.24, 2.45) is 0 Å². The van der Waals surface area contributed by atoms with Gasteiger partial charge < -0.3 is 4.74 Å². The number of Topliss-reactive ketones (excluding diaryl/α,β-unsaturated/α-hetero) is 1. The zero-order valence-corrected chi connectivity index (χ0v) is 12.2. The summed E-state index contributed by atoms with van der Waals surface area (Å²) >= 11 is 1.94. The van der Waals surface area contributed by atoms with E-state index in [1.807, 2.05) is 22.6 Å². The van der Waals surface area contributed by atoms with Crippen molar-refractivity contribution in [2.45, 2.75) is 6.42 Å². The molecule has 0 bridgehead atoms. The molecule has 6 heteroatoms. The van der Waals surface area contributed by atoms with E-state index in [9.17, 15) is 9.18 Å². The molecule has 4 nitrogen and oxygen atoms in total. The lowest BCUT2D eigenvalue weighted by Gasteiger charge is -2.04. The molecule has 0 fully saturated rings. The molecule has 0 saturated heterocycles. The van der Waals surface area contributed by atoms with E-state index < -0.39 is 0 Å². The van der Waals surface area contributed by atoms with Crippen LogP contribution in [0.4, 0.5) is 4.39 Å². The molecule has 0 aliphatic heterocycles. The number of rotatable bonds is 4. The molecule has 1 aromatic carbocycles. The number of aromatic nitrogens is 2. The Morgan fingerprint density at radius 2 is 2.16 bits per heavy atom. The molecule has 0 radical (unpaired) electrons. The predicted octanol–water partition coefficient (Wildman–Crippen LogP) is 2.65. The summed E-state index contributed by atoms with van der Waals surface area (Å²) in [6.45, 7) is 0. The van der Waals surface area contributed by atoms with E-state index in [2.05, 4.69) is 9.97 Å². The van der Waals surface area contributed by atoms with Crippen molar-refractivity contribution in [3.05, 3.63) is 51.2 Å². The van der Waals surface area contributed by atoms with Crippen LogP contribution in [0.2, 0.25) is 0 Å². The summed E-state index contributed by atoms with van der Waals surface area (Å²) in [6.07, 6.45) is 1.47. The first-order chi connectivity index (χ1) is 9.10. The van der Waals surface area contributed by atoms with Gasteiger partial charge in [-0.25, -0.2) is 14.4 Å². The van der Waals surface area contributed by atoms with Crippen LogP contribution in [0.3, 0.4) is 0 Å². The number of nitrogens with zero attached hydrogens (tertiary/aromatic N) is 2. The molecule has 2 rings (SSSR count). The van der Waals surface area contributed by atoms with E-state index in [4.69, 9.17) is 4.74 Å². The van der Waals surface area contributed by atoms with E-state index in [1.54, 1.807) is 6.07 Å². The highest BCUT2D eigenvalue weighted by Crippen LogP contribution is 2.16. The summed E-state index contributed by atoms with van der Waals surface area (Å²) in [5.74, 6) is -0.0681. The summed E-state index contributed by atoms with van der Waals surface area (Å²) in [5.41, 5.74) is 1.05. The van der Waals surface area contributed by atoms with Crippen molar-refractivity contribution >= 4 is 28.4 Å². The summed E-state index contributed by atoms with van der Waals surface area (Å²) in [4.78, 5) is 20.0. The minimum Gasteiger partial charge on any atom is -0.481 e. The number of carbonyl (C=O) groups is 1. The number of benzene rings is 1. The van der Waals surface area contributed by atoms with Crippen LogP contribution in [0, 0.1) is 9.39 Å². The van der Waals surface area contributed by atoms with Gasteiger partial charge in [0.15, 0.2) is 5.78 Å². The van der Waals surface area contributed by atoms with Crippen LogP contribution in [0.5, 0.6) is 5.88 Å². The van der Waals surface area contributed by atoms with Crippen molar-refractivity contribution in [1.82, 2.24) is 9.97 Å². The fourth-order valence-electron chi connectivity index (χ4n) is 1.56. The molecule has 0 aliphatic carbocycles. The molecule has 0 atom stereocenters. The van der Waals surface area contributed by atoms with E-state index in [0.29, 0.717) is 20.7 Å². The molecular formula is C13H10FIN2O2. The fraction of sp³-hybridized carbons (Fsp3) is 0.154. The van der Waals surface area contributed by atoms with Crippen LogP contribution >= 0.6 is 22.6 Å². The van der Waals surface area contributed by atoms with Crippen molar-refractivity contribution in [3.63, 3.8) is 0 Å². The molecular weight excluding hydrogens is 362 g/mol. The van der Waals surface area contributed by atoms with Gasteiger partial charge in [0.05, 0.1) is 19.2 Å². The van der Waals surface area contributed by atoms with Gasteiger partial charge in [0.25, 0.3) is 0 Å². The maximum atomic E-state index is 13.0. The fourth-order valence-corrected chi connectivity index (χ4v) is 2.34. The Kier molecular flexibility index (Phi) is 4.41. The predicted molar refractivity (Wildman–Crippen MR) is 75.7 cm³/mol. The van der Waals surface area contributed by atoms with Crippen molar-refractivity contribution in [1.29, 1.82) is 0 Å². The minimum absolute atomic E-state index is 0.120. The number of ether oxygens (including phenoxy) is 1. The molecule has 0 N–H and O–H groups in total. The third-order valence-corrected chi connectivity index (χ3v) is 3.37. The van der Waals surface area contributed by atoms with Crippen LogP contribution in [0.1, 0.15) is 16.1 Å². The topological polar surface area (TPSA) is 52.1 Å². The van der Waals surface area contributed by atoms with Crippen LogP contribution in [0.15, 0.2) is 30.6 Å². The summed E-state index contributed by atoms with van der Waals surface area (Å²) in [7, 11) is 1.50. The molecule has 0 aliphatic rings. The molecule has 0 unspecified atom stereocenters. The minimum atomic E-state index is -0.357. The Morgan fingerprint density at radius 3 is 2.84 bits per heavy atom. The molecule has 98 valence electrons. The maximum absolute atomic E-state index is 13.0. The van der Waals surface area contributed by atoms with Crippen LogP contribution in [0.25, 0.3) is 0 Å². The number of ketones is 1. The molecule has 0 amide bonds. The zero-order chi connectivity index (χ0) is 13.8. The van der Waals surface area contributed by atoms with Gasteiger partial charge in [-0.05, 0) is 40.8 Å². The Balaban J connectivity index is 2.20. The van der Waals surface area contributed by atoms with Crippen molar-refractivity contribution in [3.8, 4) is 5.88 Å². The van der Waals surface area contributed by atoms with Crippen molar-refractivity contribution < 1.29 is 13.9 Å². The average Bonchev–Trinajstić information content (AvgIpc) is 2.38. The lowest BCUT2D eigenvalue weighted by atomic mass is 10.1.